The van der Waals surface area contributed by atoms with Crippen LogP contribution in [0, 0.1) is 46.3 Å². The van der Waals surface area contributed by atoms with Crippen molar-refractivity contribution in [1.29, 1.82) is 0 Å². The van der Waals surface area contributed by atoms with Gasteiger partial charge in [0.15, 0.2) is 0 Å². The molecule has 0 radical (unpaired) electrons. The molecule has 3 fully saturated rings. The van der Waals surface area contributed by atoms with Gasteiger partial charge in [0.05, 0.1) is 0 Å². The van der Waals surface area contributed by atoms with Gasteiger partial charge in [-0.1, -0.05) is 60.1 Å². The molecule has 0 aromatic carbocycles. The van der Waals surface area contributed by atoms with E-state index >= 15 is 0 Å². The van der Waals surface area contributed by atoms with E-state index in [1.54, 1.807) is 0 Å². The fourth-order valence-corrected chi connectivity index (χ4v) is 7.98. The van der Waals surface area contributed by atoms with E-state index in [0.717, 1.165) is 35.5 Å². The van der Waals surface area contributed by atoms with Gasteiger partial charge in [-0.3, -0.25) is 0 Å². The fraction of sp³-hybridized carbons (Fsp3) is 0.920. The molecule has 0 aromatic rings. The number of allylic oxidation sites excluding steroid dienone is 2. The van der Waals surface area contributed by atoms with Crippen molar-refractivity contribution >= 4 is 0 Å². The fourth-order valence-electron chi connectivity index (χ4n) is 7.98. The number of hydrogen-bond donors (Lipinski definition) is 0. The summed E-state index contributed by atoms with van der Waals surface area (Å²) in [5.74, 6) is 5.80. The molecule has 0 heterocycles. The highest BCUT2D eigenvalue weighted by Crippen LogP contribution is 2.67. The molecule has 0 heteroatoms. The first-order valence-electron chi connectivity index (χ1n) is 11.6. The average molecular weight is 345 g/mol. The predicted octanol–water partition coefficient (Wildman–Crippen LogP) is 7.88. The van der Waals surface area contributed by atoms with Gasteiger partial charge in [-0.2, -0.15) is 0 Å². The van der Waals surface area contributed by atoms with Crippen LogP contribution in [0.2, 0.25) is 0 Å². The largest absolute Gasteiger partial charge is 0.0845 e. The zero-order valence-electron chi connectivity index (χ0n) is 18.2. The van der Waals surface area contributed by atoms with Crippen molar-refractivity contribution in [2.75, 3.05) is 0 Å². The molecule has 0 bridgehead atoms. The normalized spacial score (nSPS) is 48.6. The SMILES string of the molecule is CC.CC1CCC2(C)C(=CCC3C2CCC2(C)C(C(C)C)CCC32)C1. The number of rotatable bonds is 1. The standard InChI is InChI=1S/C23H38.C2H6/c1-15(2)19-8-9-20-18-7-6-17-14-16(3)10-12-22(17,4)21(18)11-13-23(19,20)5;1-2/h6,15-16,18-21H,7-14H2,1-5H3;1-2H3. The summed E-state index contributed by atoms with van der Waals surface area (Å²) in [5, 5.41) is 0. The van der Waals surface area contributed by atoms with Crippen LogP contribution in [0.1, 0.15) is 99.8 Å². The second kappa shape index (κ2) is 7.05. The highest BCUT2D eigenvalue weighted by atomic mass is 14.6. The Hall–Kier alpha value is -0.260. The topological polar surface area (TPSA) is 0 Å². The molecular weight excluding hydrogens is 300 g/mol. The molecular formula is C25H44. The average Bonchev–Trinajstić information content (AvgIpc) is 2.95. The van der Waals surface area contributed by atoms with Crippen LogP contribution in [-0.2, 0) is 0 Å². The molecule has 0 nitrogen and oxygen atoms in total. The van der Waals surface area contributed by atoms with Crippen LogP contribution < -0.4 is 0 Å². The van der Waals surface area contributed by atoms with Gasteiger partial charge in [0.25, 0.3) is 0 Å². The molecule has 0 aromatic heterocycles. The molecule has 7 unspecified atom stereocenters. The van der Waals surface area contributed by atoms with Gasteiger partial charge in [0.1, 0.15) is 0 Å². The van der Waals surface area contributed by atoms with Gasteiger partial charge >= 0.3 is 0 Å². The third-order valence-electron chi connectivity index (χ3n) is 9.23. The Bertz CT molecular complexity index is 500. The summed E-state index contributed by atoms with van der Waals surface area (Å²) < 4.78 is 0. The molecule has 0 spiro atoms. The second-order valence-corrected chi connectivity index (χ2v) is 10.6. The zero-order valence-corrected chi connectivity index (χ0v) is 18.2. The highest BCUT2D eigenvalue weighted by Gasteiger charge is 2.58. The molecule has 0 N–H and O–H groups in total. The molecule has 144 valence electrons. The first kappa shape index (κ1) is 19.5. The van der Waals surface area contributed by atoms with Crippen LogP contribution in [-0.4, -0.2) is 0 Å². The van der Waals surface area contributed by atoms with Crippen LogP contribution in [0.5, 0.6) is 0 Å². The first-order valence-corrected chi connectivity index (χ1v) is 11.6. The van der Waals surface area contributed by atoms with Crippen LogP contribution in [0.15, 0.2) is 11.6 Å². The lowest BCUT2D eigenvalue weighted by molar-refractivity contribution is -0.0503. The lowest BCUT2D eigenvalue weighted by Gasteiger charge is -2.58. The molecule has 7 atom stereocenters. The van der Waals surface area contributed by atoms with E-state index in [1.807, 2.05) is 19.4 Å². The minimum atomic E-state index is 0.562. The van der Waals surface area contributed by atoms with E-state index in [4.69, 9.17) is 0 Å². The maximum atomic E-state index is 2.73. The Morgan fingerprint density at radius 3 is 2.36 bits per heavy atom. The summed E-state index contributed by atoms with van der Waals surface area (Å²) in [5.41, 5.74) is 3.07. The van der Waals surface area contributed by atoms with E-state index in [0.29, 0.717) is 10.8 Å². The Kier molecular flexibility index (Phi) is 5.50. The summed E-state index contributed by atoms with van der Waals surface area (Å²) in [7, 11) is 0. The molecule has 0 aliphatic heterocycles. The van der Waals surface area contributed by atoms with Crippen molar-refractivity contribution in [3.63, 3.8) is 0 Å². The van der Waals surface area contributed by atoms with Gasteiger partial charge in [-0.05, 0) is 97.7 Å². The van der Waals surface area contributed by atoms with E-state index in [9.17, 15) is 0 Å². The summed E-state index contributed by atoms with van der Waals surface area (Å²) >= 11 is 0. The quantitative estimate of drug-likeness (QED) is 0.424. The van der Waals surface area contributed by atoms with Crippen LogP contribution in [0.3, 0.4) is 0 Å². The van der Waals surface area contributed by atoms with Crippen LogP contribution >= 0.6 is 0 Å². The molecule has 4 aliphatic carbocycles. The predicted molar refractivity (Wildman–Crippen MR) is 111 cm³/mol. The van der Waals surface area contributed by atoms with E-state index in [2.05, 4.69) is 40.7 Å². The van der Waals surface area contributed by atoms with Crippen molar-refractivity contribution in [3.8, 4) is 0 Å². The number of fused-ring (bicyclic) bond motifs is 5. The highest BCUT2D eigenvalue weighted by molar-refractivity contribution is 5.25. The van der Waals surface area contributed by atoms with Crippen molar-refractivity contribution in [2.45, 2.75) is 99.8 Å². The van der Waals surface area contributed by atoms with Crippen LogP contribution in [0.4, 0.5) is 0 Å². The second-order valence-electron chi connectivity index (χ2n) is 10.6. The summed E-state index contributed by atoms with van der Waals surface area (Å²) in [6.45, 7) is 16.8. The van der Waals surface area contributed by atoms with Gasteiger partial charge in [0, 0.05) is 0 Å². The van der Waals surface area contributed by atoms with Crippen molar-refractivity contribution in [2.24, 2.45) is 46.3 Å². The van der Waals surface area contributed by atoms with Crippen molar-refractivity contribution in [1.82, 2.24) is 0 Å². The smallest absolute Gasteiger partial charge is 0.00851 e. The van der Waals surface area contributed by atoms with E-state index in [-0.39, 0.29) is 0 Å². The maximum absolute atomic E-state index is 2.73. The summed E-state index contributed by atoms with van der Waals surface area (Å²) in [6.07, 6.45) is 14.5. The monoisotopic (exact) mass is 344 g/mol. The lowest BCUT2D eigenvalue weighted by atomic mass is 9.46. The molecule has 25 heavy (non-hydrogen) atoms. The lowest BCUT2D eigenvalue weighted by Crippen LogP contribution is -2.50. The summed E-state index contributed by atoms with van der Waals surface area (Å²) in [4.78, 5) is 0. The van der Waals surface area contributed by atoms with Gasteiger partial charge in [-0.25, -0.2) is 0 Å². The zero-order chi connectivity index (χ0) is 18.4. The summed E-state index contributed by atoms with van der Waals surface area (Å²) in [6, 6.07) is 0. The van der Waals surface area contributed by atoms with Gasteiger partial charge in [-0.15, -0.1) is 0 Å². The Morgan fingerprint density at radius 2 is 1.68 bits per heavy atom. The minimum Gasteiger partial charge on any atom is -0.0845 e. The van der Waals surface area contributed by atoms with E-state index < -0.39 is 0 Å². The molecule has 3 saturated carbocycles. The molecule has 0 amide bonds. The maximum Gasteiger partial charge on any atom is -0.00851 e. The first-order chi connectivity index (χ1) is 11.9. The Balaban J connectivity index is 0.000000880. The van der Waals surface area contributed by atoms with Crippen molar-refractivity contribution in [3.05, 3.63) is 11.6 Å². The van der Waals surface area contributed by atoms with Crippen LogP contribution in [0.25, 0.3) is 0 Å². The van der Waals surface area contributed by atoms with Crippen molar-refractivity contribution < 1.29 is 0 Å². The third kappa shape index (κ3) is 2.94. The van der Waals surface area contributed by atoms with Gasteiger partial charge < -0.3 is 0 Å². The number of hydrogen-bond acceptors (Lipinski definition) is 0. The molecule has 4 aliphatic rings. The van der Waals surface area contributed by atoms with Gasteiger partial charge in [0.2, 0.25) is 0 Å². The molecule has 0 saturated heterocycles. The minimum absolute atomic E-state index is 0.562. The Morgan fingerprint density at radius 1 is 0.960 bits per heavy atom. The Labute approximate surface area is 158 Å². The van der Waals surface area contributed by atoms with E-state index in [1.165, 1.54) is 51.4 Å². The third-order valence-corrected chi connectivity index (χ3v) is 9.23. The molecule has 4 rings (SSSR count).